The van der Waals surface area contributed by atoms with Gasteiger partial charge < -0.3 is 40.4 Å². The van der Waals surface area contributed by atoms with Crippen molar-refractivity contribution in [3.63, 3.8) is 0 Å². The van der Waals surface area contributed by atoms with Gasteiger partial charge in [0.15, 0.2) is 0 Å². The zero-order valence-electron chi connectivity index (χ0n) is 27.7. The molecular formula is C33H59N3O10. The molecule has 0 saturated carbocycles. The number of carbonyl (C=O) groups is 6. The Hall–Kier alpha value is -3.06. The molecule has 0 aromatic rings. The number of amides is 3. The maximum Gasteiger partial charge on any atom is 0.326 e. The second-order valence-corrected chi connectivity index (χ2v) is 11.5. The van der Waals surface area contributed by atoms with Crippen LogP contribution in [-0.4, -0.2) is 91.7 Å². The molecule has 0 aliphatic heterocycles. The molecule has 0 aromatic heterocycles. The minimum absolute atomic E-state index is 0.00144. The van der Waals surface area contributed by atoms with Gasteiger partial charge in [-0.2, -0.15) is 0 Å². The molecule has 5 N–H and O–H groups in total. The average Bonchev–Trinajstić information content (AvgIpc) is 3.02. The molecule has 0 rings (SSSR count). The van der Waals surface area contributed by atoms with Crippen molar-refractivity contribution in [3.8, 4) is 0 Å². The lowest BCUT2D eigenvalue weighted by molar-refractivity contribution is -0.142. The smallest absolute Gasteiger partial charge is 0.326 e. The summed E-state index contributed by atoms with van der Waals surface area (Å²) >= 11 is 0. The molecule has 266 valence electrons. The van der Waals surface area contributed by atoms with E-state index in [1.54, 1.807) is 0 Å². The standard InChI is InChI=1S/C33H59N3O10/c37-23-15-16-28(33(43)44)36-31(40)20-19-30(39)35-22-25-46-27-26-45-24-21-34-29(38)17-13-11-9-7-5-3-1-2-4-6-8-10-12-14-18-32(41)42/h23,28H,1-22,24-27H2,(H,34,38)(H,35,39)(H,36,40)(H,41,42)(H,43,44)/t28-/m0/s1. The van der Waals surface area contributed by atoms with Crippen LogP contribution in [0.15, 0.2) is 0 Å². The lowest BCUT2D eigenvalue weighted by atomic mass is 10.0. The predicted octanol–water partition coefficient (Wildman–Crippen LogP) is 3.91. The van der Waals surface area contributed by atoms with E-state index in [9.17, 15) is 28.8 Å². The summed E-state index contributed by atoms with van der Waals surface area (Å²) < 4.78 is 10.8. The third kappa shape index (κ3) is 30.9. The van der Waals surface area contributed by atoms with Gasteiger partial charge in [0.1, 0.15) is 12.3 Å². The van der Waals surface area contributed by atoms with Gasteiger partial charge in [-0.15, -0.1) is 0 Å². The van der Waals surface area contributed by atoms with Gasteiger partial charge in [-0.25, -0.2) is 4.79 Å². The monoisotopic (exact) mass is 657 g/mol. The van der Waals surface area contributed by atoms with Crippen molar-refractivity contribution >= 4 is 35.9 Å². The molecule has 0 spiro atoms. The minimum Gasteiger partial charge on any atom is -0.481 e. The van der Waals surface area contributed by atoms with Gasteiger partial charge in [0.2, 0.25) is 17.7 Å². The van der Waals surface area contributed by atoms with Crippen LogP contribution in [0.25, 0.3) is 0 Å². The predicted molar refractivity (Wildman–Crippen MR) is 173 cm³/mol. The van der Waals surface area contributed by atoms with E-state index in [1.807, 2.05) is 0 Å². The van der Waals surface area contributed by atoms with E-state index < -0.39 is 23.9 Å². The molecule has 0 saturated heterocycles. The zero-order valence-corrected chi connectivity index (χ0v) is 27.7. The Bertz CT molecular complexity index is 841. The van der Waals surface area contributed by atoms with E-state index in [4.69, 9.17) is 19.7 Å². The number of aliphatic carboxylic acids is 2. The van der Waals surface area contributed by atoms with Crippen LogP contribution < -0.4 is 16.0 Å². The molecule has 0 unspecified atom stereocenters. The number of unbranched alkanes of at least 4 members (excludes halogenated alkanes) is 13. The molecule has 0 radical (unpaired) electrons. The first-order valence-corrected chi connectivity index (χ1v) is 17.1. The average molecular weight is 658 g/mol. The van der Waals surface area contributed by atoms with Crippen LogP contribution in [0, 0.1) is 0 Å². The van der Waals surface area contributed by atoms with Crippen molar-refractivity contribution in [2.24, 2.45) is 0 Å². The van der Waals surface area contributed by atoms with Crippen LogP contribution in [0.1, 0.15) is 128 Å². The normalized spacial score (nSPS) is 11.5. The summed E-state index contributed by atoms with van der Waals surface area (Å²) in [4.78, 5) is 67.6. The van der Waals surface area contributed by atoms with E-state index in [0.717, 1.165) is 38.5 Å². The van der Waals surface area contributed by atoms with E-state index in [-0.39, 0.29) is 50.6 Å². The van der Waals surface area contributed by atoms with Crippen LogP contribution in [-0.2, 0) is 38.2 Å². The van der Waals surface area contributed by atoms with Gasteiger partial charge in [-0.3, -0.25) is 19.2 Å². The quantitative estimate of drug-likeness (QED) is 0.0500. The first kappa shape index (κ1) is 42.9. The Labute approximate surface area is 274 Å². The molecule has 0 fully saturated rings. The summed E-state index contributed by atoms with van der Waals surface area (Å²) in [6, 6.07) is -1.16. The maximum atomic E-state index is 12.0. The van der Waals surface area contributed by atoms with E-state index in [1.165, 1.54) is 51.4 Å². The van der Waals surface area contributed by atoms with Gasteiger partial charge in [0, 0.05) is 45.2 Å². The number of hydrogen-bond donors (Lipinski definition) is 5. The summed E-state index contributed by atoms with van der Waals surface area (Å²) in [6.07, 6.45) is 17.3. The molecule has 46 heavy (non-hydrogen) atoms. The Morgan fingerprint density at radius 3 is 1.39 bits per heavy atom. The number of nitrogens with one attached hydrogen (secondary N) is 3. The number of ether oxygens (including phenoxy) is 2. The number of rotatable bonds is 34. The summed E-state index contributed by atoms with van der Waals surface area (Å²) in [5.74, 6) is -2.82. The fourth-order valence-corrected chi connectivity index (χ4v) is 4.69. The third-order valence-corrected chi connectivity index (χ3v) is 7.34. The van der Waals surface area contributed by atoms with Gasteiger partial charge in [-0.05, 0) is 19.3 Å². The molecule has 1 atom stereocenters. The van der Waals surface area contributed by atoms with E-state index in [2.05, 4.69) is 16.0 Å². The minimum atomic E-state index is -1.23. The molecular weight excluding hydrogens is 598 g/mol. The number of carboxylic acid groups (broad SMARTS) is 2. The lowest BCUT2D eigenvalue weighted by Crippen LogP contribution is -2.41. The van der Waals surface area contributed by atoms with Crippen molar-refractivity contribution < 1.29 is 48.5 Å². The highest BCUT2D eigenvalue weighted by Crippen LogP contribution is 2.13. The summed E-state index contributed by atoms with van der Waals surface area (Å²) in [6.45, 7) is 2.05. The maximum absolute atomic E-state index is 12.0. The summed E-state index contributed by atoms with van der Waals surface area (Å²) in [7, 11) is 0. The SMILES string of the molecule is O=CCC[C@H](NC(=O)CCC(=O)NCCOCCOCCNC(=O)CCCCCCCCCCCCCCCCC(=O)O)C(=O)O. The fourth-order valence-electron chi connectivity index (χ4n) is 4.69. The van der Waals surface area contributed by atoms with E-state index in [0.29, 0.717) is 45.5 Å². The molecule has 0 aliphatic rings. The molecule has 13 nitrogen and oxygen atoms in total. The highest BCUT2D eigenvalue weighted by molar-refractivity contribution is 5.87. The summed E-state index contributed by atoms with van der Waals surface area (Å²) in [5.41, 5.74) is 0. The molecule has 3 amide bonds. The number of carbonyl (C=O) groups excluding carboxylic acids is 4. The van der Waals surface area contributed by atoms with Crippen LogP contribution in [0.3, 0.4) is 0 Å². The number of aldehydes is 1. The lowest BCUT2D eigenvalue weighted by Gasteiger charge is -2.13. The molecule has 13 heteroatoms. The second-order valence-electron chi connectivity index (χ2n) is 11.5. The highest BCUT2D eigenvalue weighted by atomic mass is 16.5. The molecule has 0 aromatic carbocycles. The number of hydrogen-bond acceptors (Lipinski definition) is 8. The molecule has 0 bridgehead atoms. The largest absolute Gasteiger partial charge is 0.481 e. The summed E-state index contributed by atoms with van der Waals surface area (Å²) in [5, 5.41) is 25.4. The first-order valence-electron chi connectivity index (χ1n) is 17.1. The molecule has 0 aliphatic carbocycles. The van der Waals surface area contributed by atoms with Crippen LogP contribution >= 0.6 is 0 Å². The first-order chi connectivity index (χ1) is 22.3. The third-order valence-electron chi connectivity index (χ3n) is 7.34. The van der Waals surface area contributed by atoms with Crippen LogP contribution in [0.2, 0.25) is 0 Å². The Morgan fingerprint density at radius 2 is 0.957 bits per heavy atom. The Morgan fingerprint density at radius 1 is 0.543 bits per heavy atom. The van der Waals surface area contributed by atoms with Gasteiger partial charge in [0.25, 0.3) is 0 Å². The van der Waals surface area contributed by atoms with Gasteiger partial charge >= 0.3 is 11.9 Å². The van der Waals surface area contributed by atoms with E-state index >= 15 is 0 Å². The fraction of sp³-hybridized carbons (Fsp3) is 0.818. The van der Waals surface area contributed by atoms with Crippen LogP contribution in [0.4, 0.5) is 0 Å². The Kier molecular flexibility index (Phi) is 29.8. The Balaban J connectivity index is 3.42. The van der Waals surface area contributed by atoms with Gasteiger partial charge in [-0.1, -0.05) is 77.0 Å². The van der Waals surface area contributed by atoms with Crippen molar-refractivity contribution in [1.82, 2.24) is 16.0 Å². The zero-order chi connectivity index (χ0) is 34.1. The molecule has 0 heterocycles. The van der Waals surface area contributed by atoms with Crippen molar-refractivity contribution in [2.45, 2.75) is 134 Å². The van der Waals surface area contributed by atoms with Crippen molar-refractivity contribution in [2.75, 3.05) is 39.5 Å². The second kappa shape index (κ2) is 31.9. The topological polar surface area (TPSA) is 197 Å². The van der Waals surface area contributed by atoms with Crippen molar-refractivity contribution in [3.05, 3.63) is 0 Å². The van der Waals surface area contributed by atoms with Gasteiger partial charge in [0.05, 0.1) is 26.4 Å². The van der Waals surface area contributed by atoms with Crippen LogP contribution in [0.5, 0.6) is 0 Å². The highest BCUT2D eigenvalue weighted by Gasteiger charge is 2.19. The van der Waals surface area contributed by atoms with Crippen molar-refractivity contribution in [1.29, 1.82) is 0 Å². The number of carboxylic acids is 2.